The maximum Gasteiger partial charge on any atom is 0.282 e. The fraction of sp³-hybridized carbons (Fsp3) is 0.130. The highest BCUT2D eigenvalue weighted by Gasteiger charge is 2.23. The average molecular weight is 386 g/mol. The molecule has 0 saturated heterocycles. The highest BCUT2D eigenvalue weighted by Crippen LogP contribution is 2.36. The van der Waals surface area contributed by atoms with E-state index in [-0.39, 0.29) is 11.4 Å². The first-order valence-corrected chi connectivity index (χ1v) is 10.2. The van der Waals surface area contributed by atoms with Gasteiger partial charge in [-0.1, -0.05) is 36.4 Å². The van der Waals surface area contributed by atoms with Gasteiger partial charge in [0.15, 0.2) is 5.65 Å². The van der Waals surface area contributed by atoms with Crippen LogP contribution >= 0.6 is 11.3 Å². The van der Waals surface area contributed by atoms with Gasteiger partial charge in [0.25, 0.3) is 5.56 Å². The van der Waals surface area contributed by atoms with E-state index >= 15 is 0 Å². The number of rotatable bonds is 1. The van der Waals surface area contributed by atoms with E-state index in [1.807, 2.05) is 36.4 Å². The van der Waals surface area contributed by atoms with Crippen LogP contribution in [0.2, 0.25) is 0 Å². The maximum atomic E-state index is 13.8. The molecule has 5 heteroatoms. The molecule has 1 aliphatic carbocycles. The number of aryl methyl sites for hydroxylation is 2. The summed E-state index contributed by atoms with van der Waals surface area (Å²) in [5, 5.41) is 3.66. The van der Waals surface area contributed by atoms with E-state index in [0.717, 1.165) is 51.2 Å². The molecule has 3 aromatic heterocycles. The molecule has 0 bridgehead atoms. The fourth-order valence-corrected chi connectivity index (χ4v) is 5.78. The lowest BCUT2D eigenvalue weighted by Gasteiger charge is -2.00. The van der Waals surface area contributed by atoms with Gasteiger partial charge in [-0.15, -0.1) is 11.3 Å². The van der Waals surface area contributed by atoms with E-state index in [1.54, 1.807) is 17.4 Å². The quantitative estimate of drug-likeness (QED) is 0.432. The minimum Gasteiger partial charge on any atom is -0.284 e. The van der Waals surface area contributed by atoms with Crippen molar-refractivity contribution < 1.29 is 4.39 Å². The molecule has 3 nitrogen and oxygen atoms in total. The number of halogens is 1. The van der Waals surface area contributed by atoms with E-state index in [2.05, 4.69) is 9.38 Å². The SMILES string of the molecule is O=c1nc2c3ccccc3/c(=C\c3cccc(F)c3)n2c2sc3c(c12)CCC3. The largest absolute Gasteiger partial charge is 0.284 e. The third kappa shape index (κ3) is 2.14. The number of fused-ring (bicyclic) bond motifs is 7. The Bertz CT molecular complexity index is 1530. The fourth-order valence-electron chi connectivity index (χ4n) is 4.39. The Morgan fingerprint density at radius 3 is 2.79 bits per heavy atom. The zero-order valence-corrected chi connectivity index (χ0v) is 15.7. The second-order valence-electron chi connectivity index (χ2n) is 7.24. The van der Waals surface area contributed by atoms with Crippen molar-refractivity contribution >= 4 is 44.0 Å². The summed E-state index contributed by atoms with van der Waals surface area (Å²) in [5.41, 5.74) is 2.50. The van der Waals surface area contributed by atoms with Crippen LogP contribution in [0.5, 0.6) is 0 Å². The second-order valence-corrected chi connectivity index (χ2v) is 8.33. The van der Waals surface area contributed by atoms with Crippen LogP contribution in [0.3, 0.4) is 0 Å². The minimum atomic E-state index is -0.265. The molecule has 5 aromatic rings. The van der Waals surface area contributed by atoms with Crippen LogP contribution in [0, 0.1) is 5.82 Å². The molecule has 3 heterocycles. The van der Waals surface area contributed by atoms with Gasteiger partial charge in [0.05, 0.1) is 10.7 Å². The van der Waals surface area contributed by atoms with Gasteiger partial charge in [-0.2, -0.15) is 4.98 Å². The third-order valence-corrected chi connectivity index (χ3v) is 6.85. The van der Waals surface area contributed by atoms with Gasteiger partial charge < -0.3 is 0 Å². The van der Waals surface area contributed by atoms with E-state index in [4.69, 9.17) is 0 Å². The molecule has 0 fully saturated rings. The Hall–Kier alpha value is -3.05. The number of benzene rings is 2. The first-order chi connectivity index (χ1) is 13.7. The molecule has 0 spiro atoms. The van der Waals surface area contributed by atoms with E-state index in [9.17, 15) is 9.18 Å². The first kappa shape index (κ1) is 16.0. The van der Waals surface area contributed by atoms with Crippen LogP contribution in [0.25, 0.3) is 32.7 Å². The first-order valence-electron chi connectivity index (χ1n) is 9.35. The molecule has 1 aliphatic rings. The summed E-state index contributed by atoms with van der Waals surface area (Å²) < 4.78 is 15.9. The number of nitrogens with zero attached hydrogens (tertiary/aromatic N) is 2. The molecule has 6 rings (SSSR count). The average Bonchev–Trinajstić information content (AvgIpc) is 3.35. The summed E-state index contributed by atoms with van der Waals surface area (Å²) in [6.07, 6.45) is 5.06. The van der Waals surface area contributed by atoms with Crippen LogP contribution in [0.4, 0.5) is 4.39 Å². The second kappa shape index (κ2) is 5.72. The van der Waals surface area contributed by atoms with Crippen molar-refractivity contribution in [2.45, 2.75) is 19.3 Å². The molecule has 0 radical (unpaired) electrons. The summed E-state index contributed by atoms with van der Waals surface area (Å²) in [6.45, 7) is 0. The van der Waals surface area contributed by atoms with E-state index in [0.29, 0.717) is 5.65 Å². The topological polar surface area (TPSA) is 34.4 Å². The van der Waals surface area contributed by atoms with Crippen molar-refractivity contribution in [2.24, 2.45) is 0 Å². The van der Waals surface area contributed by atoms with E-state index < -0.39 is 0 Å². The summed E-state index contributed by atoms with van der Waals surface area (Å²) in [7, 11) is 0. The molecule has 0 N–H and O–H groups in total. The Balaban J connectivity index is 1.87. The summed E-state index contributed by atoms with van der Waals surface area (Å²) in [6, 6.07) is 14.5. The van der Waals surface area contributed by atoms with Gasteiger partial charge in [-0.25, -0.2) is 4.39 Å². The molecule has 0 saturated carbocycles. The Kier molecular flexibility index (Phi) is 3.26. The summed E-state index contributed by atoms with van der Waals surface area (Å²) >= 11 is 1.70. The van der Waals surface area contributed by atoms with Crippen molar-refractivity contribution in [2.75, 3.05) is 0 Å². The van der Waals surface area contributed by atoms with Crippen LogP contribution in [0.15, 0.2) is 53.3 Å². The molecular formula is C23H15FN2OS. The van der Waals surface area contributed by atoms with Gasteiger partial charge in [0.2, 0.25) is 0 Å². The zero-order valence-electron chi connectivity index (χ0n) is 14.9. The van der Waals surface area contributed by atoms with Crippen molar-refractivity contribution in [1.29, 1.82) is 0 Å². The predicted octanol–water partition coefficient (Wildman–Crippen LogP) is 4.24. The predicted molar refractivity (Wildman–Crippen MR) is 112 cm³/mol. The molecule has 0 aliphatic heterocycles. The van der Waals surface area contributed by atoms with Crippen molar-refractivity contribution in [3.8, 4) is 0 Å². The van der Waals surface area contributed by atoms with E-state index in [1.165, 1.54) is 22.6 Å². The number of hydrogen-bond acceptors (Lipinski definition) is 3. The standard InChI is InChI=1S/C23H15FN2OS/c24-14-6-3-5-13(11-14)12-18-15-7-1-2-8-16(15)21-25-22(27)20-17-9-4-10-19(17)28-23(20)26(18)21/h1-3,5-8,11-12H,4,9-10H2/b18-12+. The molecule has 0 amide bonds. The molecule has 2 aromatic carbocycles. The highest BCUT2D eigenvalue weighted by molar-refractivity contribution is 7.19. The lowest BCUT2D eigenvalue weighted by molar-refractivity contribution is 0.627. The number of aromatic nitrogens is 2. The van der Waals surface area contributed by atoms with Crippen LogP contribution in [-0.4, -0.2) is 9.38 Å². The normalized spacial score (nSPS) is 14.5. The maximum absolute atomic E-state index is 13.8. The summed E-state index contributed by atoms with van der Waals surface area (Å²) in [5.74, 6) is -0.265. The molecular weight excluding hydrogens is 371 g/mol. The van der Waals surface area contributed by atoms with Gasteiger partial charge in [0.1, 0.15) is 10.6 Å². The lowest BCUT2D eigenvalue weighted by atomic mass is 10.1. The smallest absolute Gasteiger partial charge is 0.282 e. The number of hydrogen-bond donors (Lipinski definition) is 0. The summed E-state index contributed by atoms with van der Waals surface area (Å²) in [4.78, 5) is 19.6. The monoisotopic (exact) mass is 386 g/mol. The van der Waals surface area contributed by atoms with Gasteiger partial charge in [0, 0.05) is 15.6 Å². The number of thiophene rings is 1. The van der Waals surface area contributed by atoms with Crippen LogP contribution in [-0.2, 0) is 12.8 Å². The van der Waals surface area contributed by atoms with Gasteiger partial charge >= 0.3 is 0 Å². The van der Waals surface area contributed by atoms with Gasteiger partial charge in [-0.05, 0) is 48.6 Å². The zero-order chi connectivity index (χ0) is 18.8. The van der Waals surface area contributed by atoms with Crippen molar-refractivity contribution in [3.05, 3.63) is 86.1 Å². The minimum absolute atomic E-state index is 0.137. The molecule has 28 heavy (non-hydrogen) atoms. The third-order valence-electron chi connectivity index (χ3n) is 5.58. The molecule has 136 valence electrons. The van der Waals surface area contributed by atoms with Crippen LogP contribution < -0.4 is 10.9 Å². The Morgan fingerprint density at radius 2 is 1.93 bits per heavy atom. The Labute approximate surface area is 163 Å². The molecule has 0 unspecified atom stereocenters. The van der Waals surface area contributed by atoms with Gasteiger partial charge in [-0.3, -0.25) is 9.20 Å². The van der Waals surface area contributed by atoms with Crippen LogP contribution in [0.1, 0.15) is 22.4 Å². The van der Waals surface area contributed by atoms with Crippen molar-refractivity contribution in [1.82, 2.24) is 9.38 Å². The highest BCUT2D eigenvalue weighted by atomic mass is 32.1. The lowest BCUT2D eigenvalue weighted by Crippen LogP contribution is -2.16. The molecule has 0 atom stereocenters. The Morgan fingerprint density at radius 1 is 1.07 bits per heavy atom. The van der Waals surface area contributed by atoms with Crippen molar-refractivity contribution in [3.63, 3.8) is 0 Å².